The van der Waals surface area contributed by atoms with Crippen molar-refractivity contribution in [2.24, 2.45) is 7.05 Å². The maximum Gasteiger partial charge on any atom is 0.0968 e. The number of piperidine rings is 1. The average molecular weight is 370 g/mol. The molecule has 2 saturated heterocycles. The summed E-state index contributed by atoms with van der Waals surface area (Å²) in [4.78, 5) is 2.50. The molecule has 27 heavy (non-hydrogen) atoms. The second-order valence-electron chi connectivity index (χ2n) is 8.24. The molecule has 2 aliphatic heterocycles. The van der Waals surface area contributed by atoms with E-state index in [0.29, 0.717) is 0 Å². The minimum atomic E-state index is -0.210. The fraction of sp³-hybridized carbons (Fsp3) is 0.591. The summed E-state index contributed by atoms with van der Waals surface area (Å²) in [5.74, 6) is 0. The zero-order chi connectivity index (χ0) is 18.9. The Kier molecular flexibility index (Phi) is 5.35. The van der Waals surface area contributed by atoms with Crippen molar-refractivity contribution in [3.8, 4) is 11.3 Å². The summed E-state index contributed by atoms with van der Waals surface area (Å²) in [5, 5.41) is 15.0. The van der Waals surface area contributed by atoms with E-state index < -0.39 is 0 Å². The molecule has 5 nitrogen and oxygen atoms in total. The lowest BCUT2D eigenvalue weighted by Crippen LogP contribution is -2.52. The third-order valence-electron chi connectivity index (χ3n) is 6.13. The number of ether oxygens (including phenoxy) is 1. The highest BCUT2D eigenvalue weighted by molar-refractivity contribution is 5.62. The maximum absolute atomic E-state index is 10.3. The largest absolute Gasteiger partial charge is 0.393 e. The van der Waals surface area contributed by atoms with E-state index in [1.807, 2.05) is 17.8 Å². The maximum atomic E-state index is 10.3. The van der Waals surface area contributed by atoms with Crippen LogP contribution in [0.3, 0.4) is 0 Å². The SMILES string of the molecule is CC[C@H]1C[C@@H](O)CC2(CCN(Cc3cn(C)nc3-c3ccccc3)CC2)O1. The fourth-order valence-corrected chi connectivity index (χ4v) is 4.69. The highest BCUT2D eigenvalue weighted by Gasteiger charge is 2.42. The van der Waals surface area contributed by atoms with E-state index in [1.165, 1.54) is 11.1 Å². The lowest BCUT2D eigenvalue weighted by Gasteiger charge is -2.48. The van der Waals surface area contributed by atoms with Crippen molar-refractivity contribution in [3.05, 3.63) is 42.1 Å². The molecule has 1 aromatic carbocycles. The number of hydrogen-bond donors (Lipinski definition) is 1. The smallest absolute Gasteiger partial charge is 0.0968 e. The zero-order valence-corrected chi connectivity index (χ0v) is 16.5. The second kappa shape index (κ2) is 7.74. The summed E-state index contributed by atoms with van der Waals surface area (Å²) >= 11 is 0. The van der Waals surface area contributed by atoms with Gasteiger partial charge in [-0.25, -0.2) is 0 Å². The highest BCUT2D eigenvalue weighted by atomic mass is 16.5. The van der Waals surface area contributed by atoms with E-state index in [-0.39, 0.29) is 17.8 Å². The quantitative estimate of drug-likeness (QED) is 0.898. The molecule has 2 atom stereocenters. The number of aromatic nitrogens is 2. The van der Waals surface area contributed by atoms with E-state index in [2.05, 4.69) is 42.3 Å². The van der Waals surface area contributed by atoms with Crippen LogP contribution in [0.15, 0.2) is 36.5 Å². The molecule has 0 bridgehead atoms. The van der Waals surface area contributed by atoms with E-state index in [1.54, 1.807) is 0 Å². The van der Waals surface area contributed by atoms with Crippen LogP contribution >= 0.6 is 0 Å². The zero-order valence-electron chi connectivity index (χ0n) is 16.5. The van der Waals surface area contributed by atoms with Crippen molar-refractivity contribution >= 4 is 0 Å². The number of aryl methyl sites for hydroxylation is 1. The first-order chi connectivity index (χ1) is 13.1. The number of nitrogens with zero attached hydrogens (tertiary/aromatic N) is 3. The molecule has 1 aromatic heterocycles. The van der Waals surface area contributed by atoms with Gasteiger partial charge in [-0.1, -0.05) is 37.3 Å². The van der Waals surface area contributed by atoms with Crippen LogP contribution in [0, 0.1) is 0 Å². The molecule has 2 aromatic rings. The van der Waals surface area contributed by atoms with E-state index in [9.17, 15) is 5.11 Å². The van der Waals surface area contributed by atoms with Crippen LogP contribution in [0.2, 0.25) is 0 Å². The van der Waals surface area contributed by atoms with Gasteiger partial charge in [0.25, 0.3) is 0 Å². The molecule has 0 aliphatic carbocycles. The molecule has 4 rings (SSSR count). The first-order valence-corrected chi connectivity index (χ1v) is 10.2. The molecule has 0 amide bonds. The Labute approximate surface area is 161 Å². The standard InChI is InChI=1S/C22H31N3O2/c1-3-20-13-19(26)14-22(27-20)9-11-25(12-10-22)16-18-15-24(2)23-21(18)17-7-5-4-6-8-17/h4-8,15,19-20,26H,3,9-14,16H2,1-2H3/t19-,20+/m1/s1. The minimum absolute atomic E-state index is 0.119. The van der Waals surface area contributed by atoms with Crippen LogP contribution in [-0.2, 0) is 18.3 Å². The number of likely N-dealkylation sites (tertiary alicyclic amines) is 1. The average Bonchev–Trinajstić information content (AvgIpc) is 3.04. The van der Waals surface area contributed by atoms with Crippen LogP contribution in [0.4, 0.5) is 0 Å². The summed E-state index contributed by atoms with van der Waals surface area (Å²) in [5.41, 5.74) is 3.40. The number of benzene rings is 1. The van der Waals surface area contributed by atoms with Gasteiger partial charge in [0.1, 0.15) is 0 Å². The first-order valence-electron chi connectivity index (χ1n) is 10.2. The van der Waals surface area contributed by atoms with Gasteiger partial charge in [-0.3, -0.25) is 9.58 Å². The lowest BCUT2D eigenvalue weighted by atomic mass is 9.81. The van der Waals surface area contributed by atoms with Crippen LogP contribution in [0.5, 0.6) is 0 Å². The predicted octanol–water partition coefficient (Wildman–Crippen LogP) is 3.37. The van der Waals surface area contributed by atoms with Crippen LogP contribution in [0.1, 0.15) is 44.6 Å². The van der Waals surface area contributed by atoms with Gasteiger partial charge in [0, 0.05) is 50.4 Å². The van der Waals surface area contributed by atoms with Gasteiger partial charge in [0.15, 0.2) is 0 Å². The second-order valence-corrected chi connectivity index (χ2v) is 8.24. The molecule has 1 N–H and O–H groups in total. The molecule has 0 saturated carbocycles. The normalized spacial score (nSPS) is 25.7. The van der Waals surface area contributed by atoms with Gasteiger partial charge < -0.3 is 9.84 Å². The van der Waals surface area contributed by atoms with Crippen LogP contribution in [-0.4, -0.2) is 50.7 Å². The Hall–Kier alpha value is -1.69. The number of rotatable bonds is 4. The van der Waals surface area contributed by atoms with Crippen molar-refractivity contribution in [2.45, 2.75) is 63.4 Å². The van der Waals surface area contributed by atoms with Crippen LogP contribution < -0.4 is 0 Å². The Morgan fingerprint density at radius 1 is 1.22 bits per heavy atom. The van der Waals surface area contributed by atoms with Crippen molar-refractivity contribution in [1.29, 1.82) is 0 Å². The summed E-state index contributed by atoms with van der Waals surface area (Å²) in [6.07, 6.45) is 6.71. The highest BCUT2D eigenvalue weighted by Crippen LogP contribution is 2.38. The first kappa shape index (κ1) is 18.7. The monoisotopic (exact) mass is 369 g/mol. The molecular weight excluding hydrogens is 338 g/mol. The predicted molar refractivity (Wildman–Crippen MR) is 106 cm³/mol. The molecule has 3 heterocycles. The summed E-state index contributed by atoms with van der Waals surface area (Å²) in [6.45, 7) is 5.07. The van der Waals surface area contributed by atoms with Crippen molar-refractivity contribution in [1.82, 2.24) is 14.7 Å². The number of hydrogen-bond acceptors (Lipinski definition) is 4. The van der Waals surface area contributed by atoms with Gasteiger partial charge in [0.05, 0.1) is 23.5 Å². The summed E-state index contributed by atoms with van der Waals surface area (Å²) < 4.78 is 8.34. The molecule has 0 unspecified atom stereocenters. The summed E-state index contributed by atoms with van der Waals surface area (Å²) in [6, 6.07) is 10.4. The van der Waals surface area contributed by atoms with Gasteiger partial charge in [0.2, 0.25) is 0 Å². The fourth-order valence-electron chi connectivity index (χ4n) is 4.69. The third kappa shape index (κ3) is 4.10. The van der Waals surface area contributed by atoms with Gasteiger partial charge in [-0.15, -0.1) is 0 Å². The Bertz CT molecular complexity index is 750. The molecule has 5 heteroatoms. The third-order valence-corrected chi connectivity index (χ3v) is 6.13. The summed E-state index contributed by atoms with van der Waals surface area (Å²) in [7, 11) is 1.99. The molecule has 0 radical (unpaired) electrons. The Balaban J connectivity index is 1.43. The van der Waals surface area contributed by atoms with Gasteiger partial charge >= 0.3 is 0 Å². The van der Waals surface area contributed by atoms with Gasteiger partial charge in [-0.05, 0) is 25.7 Å². The molecular formula is C22H31N3O2. The molecule has 1 spiro atoms. The molecule has 146 valence electrons. The van der Waals surface area contributed by atoms with Crippen molar-refractivity contribution in [3.63, 3.8) is 0 Å². The van der Waals surface area contributed by atoms with E-state index in [0.717, 1.165) is 57.4 Å². The Morgan fingerprint density at radius 3 is 2.67 bits per heavy atom. The van der Waals surface area contributed by atoms with E-state index in [4.69, 9.17) is 9.84 Å². The Morgan fingerprint density at radius 2 is 1.96 bits per heavy atom. The topological polar surface area (TPSA) is 50.5 Å². The van der Waals surface area contributed by atoms with Gasteiger partial charge in [-0.2, -0.15) is 5.10 Å². The van der Waals surface area contributed by atoms with Crippen molar-refractivity contribution in [2.75, 3.05) is 13.1 Å². The van der Waals surface area contributed by atoms with Crippen LogP contribution in [0.25, 0.3) is 11.3 Å². The molecule has 2 fully saturated rings. The molecule has 2 aliphatic rings. The van der Waals surface area contributed by atoms with E-state index >= 15 is 0 Å². The lowest BCUT2D eigenvalue weighted by molar-refractivity contribution is -0.182. The number of aliphatic hydroxyl groups excluding tert-OH is 1. The van der Waals surface area contributed by atoms with Crippen molar-refractivity contribution < 1.29 is 9.84 Å². The number of aliphatic hydroxyl groups is 1. The minimum Gasteiger partial charge on any atom is -0.393 e.